The predicted octanol–water partition coefficient (Wildman–Crippen LogP) is 1.55. The van der Waals surface area contributed by atoms with E-state index >= 15 is 0 Å². The summed E-state index contributed by atoms with van der Waals surface area (Å²) in [5.74, 6) is 0.548. The first kappa shape index (κ1) is 16.5. The number of hydrogen-bond acceptors (Lipinski definition) is 5. The molecule has 1 fully saturated rings. The Balaban J connectivity index is 1.38. The number of anilines is 1. The molecule has 7 nitrogen and oxygen atoms in total. The zero-order valence-electron chi connectivity index (χ0n) is 14.3. The lowest BCUT2D eigenvalue weighted by atomic mass is 9.94. The maximum Gasteiger partial charge on any atom is 0.226 e. The molecule has 0 bridgehead atoms. The molecule has 26 heavy (non-hydrogen) atoms. The van der Waals surface area contributed by atoms with E-state index in [9.17, 15) is 9.18 Å². The molecular weight excluding hydrogens is 335 g/mol. The van der Waals surface area contributed by atoms with Gasteiger partial charge in [0.15, 0.2) is 0 Å². The van der Waals surface area contributed by atoms with Crippen molar-refractivity contribution in [3.63, 3.8) is 0 Å². The topological polar surface area (TPSA) is 78.0 Å². The fourth-order valence-corrected chi connectivity index (χ4v) is 3.71. The summed E-state index contributed by atoms with van der Waals surface area (Å²) in [5.41, 5.74) is 0.815. The van der Waals surface area contributed by atoms with Gasteiger partial charge in [-0.1, -0.05) is 0 Å². The van der Waals surface area contributed by atoms with Crippen LogP contribution < -0.4 is 4.90 Å². The zero-order chi connectivity index (χ0) is 18.1. The zero-order valence-corrected chi connectivity index (χ0v) is 14.3. The molecule has 0 saturated carbocycles. The minimum Gasteiger partial charge on any atom is -0.369 e. The van der Waals surface area contributed by atoms with Gasteiger partial charge in [-0.05, 0) is 31.0 Å². The second-order valence-electron chi connectivity index (χ2n) is 6.70. The first-order valence-corrected chi connectivity index (χ1v) is 8.76. The fourth-order valence-electron chi connectivity index (χ4n) is 3.71. The van der Waals surface area contributed by atoms with Crippen molar-refractivity contribution in [2.24, 2.45) is 5.92 Å². The highest BCUT2D eigenvalue weighted by Gasteiger charge is 2.31. The van der Waals surface area contributed by atoms with Crippen LogP contribution in [0.2, 0.25) is 0 Å². The normalized spacial score (nSPS) is 17.7. The molecule has 0 spiro atoms. The van der Waals surface area contributed by atoms with Crippen molar-refractivity contribution < 1.29 is 9.18 Å². The number of nitriles is 1. The van der Waals surface area contributed by atoms with E-state index in [1.165, 1.54) is 12.4 Å². The number of halogens is 1. The van der Waals surface area contributed by atoms with Crippen LogP contribution in [0.3, 0.4) is 0 Å². The fraction of sp³-hybridized carbons (Fsp3) is 0.444. The lowest BCUT2D eigenvalue weighted by Gasteiger charge is -2.36. The summed E-state index contributed by atoms with van der Waals surface area (Å²) in [4.78, 5) is 20.8. The van der Waals surface area contributed by atoms with Gasteiger partial charge in [0, 0.05) is 25.6 Å². The Morgan fingerprint density at radius 3 is 2.77 bits per heavy atom. The molecule has 0 atom stereocenters. The first-order valence-electron chi connectivity index (χ1n) is 8.76. The molecule has 1 saturated heterocycles. The Morgan fingerprint density at radius 1 is 1.23 bits per heavy atom. The second kappa shape index (κ2) is 6.75. The van der Waals surface area contributed by atoms with Gasteiger partial charge in [-0.25, -0.2) is 14.1 Å². The Bertz CT molecular complexity index is 865. The molecule has 2 aliphatic rings. The second-order valence-corrected chi connectivity index (χ2v) is 6.70. The van der Waals surface area contributed by atoms with Gasteiger partial charge >= 0.3 is 0 Å². The van der Waals surface area contributed by atoms with Gasteiger partial charge in [-0.15, -0.1) is 0 Å². The summed E-state index contributed by atoms with van der Waals surface area (Å²) < 4.78 is 16.0. The van der Waals surface area contributed by atoms with Gasteiger partial charge in [0.05, 0.1) is 30.4 Å². The summed E-state index contributed by atoms with van der Waals surface area (Å²) in [6.45, 7) is 3.09. The molecule has 2 aromatic rings. The van der Waals surface area contributed by atoms with Gasteiger partial charge in [0.1, 0.15) is 18.0 Å². The molecule has 4 rings (SSSR count). The number of amides is 1. The number of hydrogen-bond donors (Lipinski definition) is 0. The molecule has 1 aromatic heterocycles. The third-order valence-electron chi connectivity index (χ3n) is 5.18. The number of carbonyl (C=O) groups is 1. The van der Waals surface area contributed by atoms with E-state index in [1.54, 1.807) is 12.1 Å². The van der Waals surface area contributed by atoms with Gasteiger partial charge < -0.3 is 9.80 Å². The summed E-state index contributed by atoms with van der Waals surface area (Å²) >= 11 is 0. The number of aromatic nitrogens is 3. The van der Waals surface area contributed by atoms with Crippen LogP contribution in [-0.4, -0.2) is 45.2 Å². The molecule has 134 valence electrons. The Hall–Kier alpha value is -2.95. The highest BCUT2D eigenvalue weighted by Crippen LogP contribution is 2.28. The van der Waals surface area contributed by atoms with Gasteiger partial charge in [-0.3, -0.25) is 4.79 Å². The predicted molar refractivity (Wildman–Crippen MR) is 91.5 cm³/mol. The first-order chi connectivity index (χ1) is 12.7. The number of nitrogens with zero attached hydrogens (tertiary/aromatic N) is 6. The number of fused-ring (bicyclic) bond motifs is 1. The summed E-state index contributed by atoms with van der Waals surface area (Å²) in [6, 6.07) is 6.47. The highest BCUT2D eigenvalue weighted by atomic mass is 19.1. The van der Waals surface area contributed by atoms with E-state index in [2.05, 4.69) is 10.1 Å². The average molecular weight is 354 g/mol. The molecule has 2 aliphatic heterocycles. The van der Waals surface area contributed by atoms with E-state index < -0.39 is 0 Å². The van der Waals surface area contributed by atoms with Crippen molar-refractivity contribution in [3.05, 3.63) is 41.7 Å². The van der Waals surface area contributed by atoms with E-state index in [-0.39, 0.29) is 17.6 Å². The largest absolute Gasteiger partial charge is 0.369 e. The average Bonchev–Trinajstić information content (AvgIpc) is 3.15. The molecule has 0 radical (unpaired) electrons. The maximum absolute atomic E-state index is 14.2. The quantitative estimate of drug-likeness (QED) is 0.818. The molecule has 1 amide bonds. The van der Waals surface area contributed by atoms with Crippen LogP contribution in [0.1, 0.15) is 24.2 Å². The Morgan fingerprint density at radius 2 is 2.04 bits per heavy atom. The minimum absolute atomic E-state index is 0.0397. The Labute approximate surface area is 150 Å². The molecule has 8 heteroatoms. The third-order valence-corrected chi connectivity index (χ3v) is 5.18. The molecule has 0 aliphatic carbocycles. The molecule has 3 heterocycles. The van der Waals surface area contributed by atoms with Crippen molar-refractivity contribution in [1.82, 2.24) is 19.7 Å². The monoisotopic (exact) mass is 354 g/mol. The van der Waals surface area contributed by atoms with Crippen molar-refractivity contribution in [1.29, 1.82) is 5.26 Å². The number of benzene rings is 1. The van der Waals surface area contributed by atoms with Gasteiger partial charge in [0.2, 0.25) is 5.91 Å². The molecule has 1 aromatic carbocycles. The number of rotatable bonds is 2. The van der Waals surface area contributed by atoms with Gasteiger partial charge in [0.25, 0.3) is 0 Å². The van der Waals surface area contributed by atoms with Crippen LogP contribution in [0, 0.1) is 23.1 Å². The van der Waals surface area contributed by atoms with Crippen LogP contribution in [0.15, 0.2) is 24.5 Å². The van der Waals surface area contributed by atoms with E-state index in [1.807, 2.05) is 20.6 Å². The van der Waals surface area contributed by atoms with E-state index in [4.69, 9.17) is 5.26 Å². The van der Waals surface area contributed by atoms with Crippen molar-refractivity contribution in [2.75, 3.05) is 24.5 Å². The van der Waals surface area contributed by atoms with E-state index in [0.29, 0.717) is 56.8 Å². The minimum atomic E-state index is -0.385. The van der Waals surface area contributed by atoms with Crippen LogP contribution in [0.5, 0.6) is 0 Å². The lowest BCUT2D eigenvalue weighted by Crippen LogP contribution is -2.45. The summed E-state index contributed by atoms with van der Waals surface area (Å²) in [5, 5.41) is 13.0. The van der Waals surface area contributed by atoms with Crippen molar-refractivity contribution in [2.45, 2.75) is 25.9 Å². The van der Waals surface area contributed by atoms with Crippen molar-refractivity contribution >= 4 is 11.6 Å². The maximum atomic E-state index is 14.2. The van der Waals surface area contributed by atoms with Crippen LogP contribution in [-0.2, 0) is 17.9 Å². The molecule has 0 N–H and O–H groups in total. The molecular formula is C18H19FN6O. The van der Waals surface area contributed by atoms with Crippen LogP contribution in [0.25, 0.3) is 0 Å². The Kier molecular flexibility index (Phi) is 4.29. The lowest BCUT2D eigenvalue weighted by molar-refractivity contribution is -0.137. The van der Waals surface area contributed by atoms with Gasteiger partial charge in [-0.2, -0.15) is 10.4 Å². The van der Waals surface area contributed by atoms with Crippen molar-refractivity contribution in [3.8, 4) is 6.07 Å². The smallest absolute Gasteiger partial charge is 0.226 e. The summed E-state index contributed by atoms with van der Waals surface area (Å²) in [6.07, 6.45) is 2.91. The third kappa shape index (κ3) is 3.01. The van der Waals surface area contributed by atoms with Crippen LogP contribution >= 0.6 is 0 Å². The molecule has 0 unspecified atom stereocenters. The number of piperidine rings is 1. The SMILES string of the molecule is N#Cc1ccc(N2CCC(C(=O)N3CCn4ncnc4C3)CC2)c(F)c1. The van der Waals surface area contributed by atoms with Crippen LogP contribution in [0.4, 0.5) is 10.1 Å². The standard InChI is InChI=1S/C18H19FN6O/c19-15-9-13(10-20)1-2-16(15)23-5-3-14(4-6-23)18(26)24-7-8-25-17(11-24)21-12-22-25/h1-2,9,12,14H,3-8,11H2. The number of carbonyl (C=O) groups excluding carboxylic acids is 1. The highest BCUT2D eigenvalue weighted by molar-refractivity contribution is 5.79. The van der Waals surface area contributed by atoms with E-state index in [0.717, 1.165) is 5.82 Å². The summed E-state index contributed by atoms with van der Waals surface area (Å²) in [7, 11) is 0.